The van der Waals surface area contributed by atoms with Crippen molar-refractivity contribution in [2.45, 2.75) is 52.8 Å². The fourth-order valence-corrected chi connectivity index (χ4v) is 5.75. The molecule has 0 aliphatic heterocycles. The summed E-state index contributed by atoms with van der Waals surface area (Å²) >= 11 is 3.47. The van der Waals surface area contributed by atoms with Gasteiger partial charge >= 0.3 is 6.03 Å². The molecular formula is C38H42BrN5O6. The van der Waals surface area contributed by atoms with Gasteiger partial charge < -0.3 is 28.8 Å². The summed E-state index contributed by atoms with van der Waals surface area (Å²) < 4.78 is 26.1. The Bertz CT molecular complexity index is 2050. The molecule has 2 heterocycles. The monoisotopic (exact) mass is 743 g/mol. The quantitative estimate of drug-likeness (QED) is 0.137. The molecule has 11 nitrogen and oxygen atoms in total. The Hall–Kier alpha value is -5.23. The Morgan fingerprint density at radius 1 is 0.840 bits per heavy atom. The summed E-state index contributed by atoms with van der Waals surface area (Å²) in [7, 11) is 4.79. The number of aryl methyl sites for hydroxylation is 1. The second-order valence-electron chi connectivity index (χ2n) is 12.7. The molecule has 2 N–H and O–H groups in total. The molecule has 5 aromatic rings. The van der Waals surface area contributed by atoms with Crippen molar-refractivity contribution in [1.82, 2.24) is 19.7 Å². The molecule has 5 rings (SSSR count). The van der Waals surface area contributed by atoms with E-state index in [0.29, 0.717) is 39.8 Å². The van der Waals surface area contributed by atoms with Crippen LogP contribution in [0.3, 0.4) is 0 Å². The van der Waals surface area contributed by atoms with Crippen LogP contribution in [-0.2, 0) is 25.1 Å². The first-order chi connectivity index (χ1) is 23.9. The number of ether oxygens (including phenoxy) is 4. The zero-order chi connectivity index (χ0) is 36.0. The van der Waals surface area contributed by atoms with Crippen LogP contribution < -0.4 is 35.1 Å². The van der Waals surface area contributed by atoms with Crippen molar-refractivity contribution in [3.63, 3.8) is 0 Å². The van der Waals surface area contributed by atoms with E-state index in [1.54, 1.807) is 36.6 Å². The van der Waals surface area contributed by atoms with Gasteiger partial charge in [0, 0.05) is 47.5 Å². The van der Waals surface area contributed by atoms with Crippen LogP contribution in [0.25, 0.3) is 5.69 Å². The number of nitrogens with zero attached hydrogens (tertiary/aromatic N) is 3. The van der Waals surface area contributed by atoms with E-state index in [0.717, 1.165) is 33.8 Å². The molecule has 0 radical (unpaired) electrons. The lowest BCUT2D eigenvalue weighted by Gasteiger charge is -2.17. The molecule has 12 heteroatoms. The van der Waals surface area contributed by atoms with Gasteiger partial charge in [-0.05, 0) is 58.2 Å². The molecule has 262 valence electrons. The molecular weight excluding hydrogens is 702 g/mol. The number of hydrogen-bond donors (Lipinski definition) is 2. The number of nitrogens with one attached hydrogen (secondary N) is 2. The van der Waals surface area contributed by atoms with Crippen molar-refractivity contribution >= 4 is 27.8 Å². The lowest BCUT2D eigenvalue weighted by Crippen LogP contribution is -2.29. The lowest BCUT2D eigenvalue weighted by atomic mass is 9.92. The molecule has 0 atom stereocenters. The number of pyridine rings is 1. The molecule has 2 aromatic heterocycles. The standard InChI is InChI=1S/C38H42BrN5O6/c1-24-17-32(35(39)36(45)43(24)22-26-15-16-30(48-6)19-31(26)49-7)50-23-27-12-9-8-11-25(27)21-40-37(46)41-34-20-33(38(2,3)4)42-44(34)28-13-10-14-29(18-28)47-5/h8-20H,21-23H2,1-7H3,(H2,40,41,46). The minimum Gasteiger partial charge on any atom is -0.497 e. The molecule has 0 saturated heterocycles. The summed E-state index contributed by atoms with van der Waals surface area (Å²) in [5, 5.41) is 10.7. The van der Waals surface area contributed by atoms with Crippen LogP contribution in [0.4, 0.5) is 10.6 Å². The second kappa shape index (κ2) is 15.5. The first kappa shape index (κ1) is 36.1. The maximum atomic E-state index is 13.4. The van der Waals surface area contributed by atoms with Crippen molar-refractivity contribution in [1.29, 1.82) is 0 Å². The van der Waals surface area contributed by atoms with Crippen molar-refractivity contribution < 1.29 is 23.7 Å². The number of amides is 2. The third-order valence-electron chi connectivity index (χ3n) is 8.20. The minimum atomic E-state index is -0.388. The molecule has 3 aromatic carbocycles. The van der Waals surface area contributed by atoms with E-state index < -0.39 is 0 Å². The fraction of sp³-hybridized carbons (Fsp3) is 0.289. The number of rotatable bonds is 12. The highest BCUT2D eigenvalue weighted by Crippen LogP contribution is 2.29. The summed E-state index contributed by atoms with van der Waals surface area (Å²) in [4.78, 5) is 26.7. The number of halogens is 1. The van der Waals surface area contributed by atoms with Gasteiger partial charge in [-0.25, -0.2) is 9.48 Å². The number of carbonyl (C=O) groups is 1. The van der Waals surface area contributed by atoms with Gasteiger partial charge in [-0.15, -0.1) is 0 Å². The Kier molecular flexibility index (Phi) is 11.2. The van der Waals surface area contributed by atoms with E-state index in [9.17, 15) is 9.59 Å². The second-order valence-corrected chi connectivity index (χ2v) is 13.5. The van der Waals surface area contributed by atoms with Crippen molar-refractivity contribution in [3.8, 4) is 28.7 Å². The molecule has 2 amide bonds. The van der Waals surface area contributed by atoms with E-state index in [4.69, 9.17) is 24.0 Å². The average molecular weight is 745 g/mol. The highest BCUT2D eigenvalue weighted by Gasteiger charge is 2.22. The molecule has 0 spiro atoms. The SMILES string of the molecule is COc1cccc(-n2nc(C(C)(C)C)cc2NC(=O)NCc2ccccc2COc2cc(C)n(Cc3ccc(OC)cc3OC)c(=O)c2Br)c1. The van der Waals surface area contributed by atoms with E-state index in [1.807, 2.05) is 79.7 Å². The van der Waals surface area contributed by atoms with Gasteiger partial charge in [0.25, 0.3) is 5.56 Å². The Balaban J connectivity index is 1.28. The molecule has 0 aliphatic carbocycles. The number of benzene rings is 3. The van der Waals surface area contributed by atoms with Crippen LogP contribution in [0.5, 0.6) is 23.0 Å². The number of aromatic nitrogens is 3. The molecule has 50 heavy (non-hydrogen) atoms. The maximum Gasteiger partial charge on any atom is 0.320 e. The van der Waals surface area contributed by atoms with Crippen molar-refractivity contribution in [3.05, 3.63) is 122 Å². The predicted molar refractivity (Wildman–Crippen MR) is 197 cm³/mol. The van der Waals surface area contributed by atoms with Crippen LogP contribution >= 0.6 is 15.9 Å². The molecule has 0 saturated carbocycles. The van der Waals surface area contributed by atoms with Crippen LogP contribution in [0, 0.1) is 6.92 Å². The highest BCUT2D eigenvalue weighted by atomic mass is 79.9. The smallest absolute Gasteiger partial charge is 0.320 e. The molecule has 0 unspecified atom stereocenters. The topological polar surface area (TPSA) is 118 Å². The summed E-state index contributed by atoms with van der Waals surface area (Å²) in [6.45, 7) is 8.81. The summed E-state index contributed by atoms with van der Waals surface area (Å²) in [6.07, 6.45) is 0. The van der Waals surface area contributed by atoms with Crippen LogP contribution in [0.2, 0.25) is 0 Å². The average Bonchev–Trinajstić information content (AvgIpc) is 3.55. The van der Waals surface area contributed by atoms with Crippen molar-refractivity contribution in [2.75, 3.05) is 26.6 Å². The van der Waals surface area contributed by atoms with E-state index in [1.165, 1.54) is 0 Å². The van der Waals surface area contributed by atoms with Gasteiger partial charge in [0.1, 0.15) is 39.9 Å². The summed E-state index contributed by atoms with van der Waals surface area (Å²) in [5.74, 6) is 2.93. The number of methoxy groups -OCH3 is 3. The zero-order valence-corrected chi connectivity index (χ0v) is 30.9. The van der Waals surface area contributed by atoms with E-state index in [-0.39, 0.29) is 30.2 Å². The van der Waals surface area contributed by atoms with Crippen LogP contribution in [0.15, 0.2) is 88.1 Å². The first-order valence-electron chi connectivity index (χ1n) is 16.0. The van der Waals surface area contributed by atoms with E-state index in [2.05, 4.69) is 47.3 Å². The molecule has 0 aliphatic rings. The number of hydrogen-bond acceptors (Lipinski definition) is 7. The van der Waals surface area contributed by atoms with Crippen molar-refractivity contribution in [2.24, 2.45) is 0 Å². The van der Waals surface area contributed by atoms with E-state index >= 15 is 0 Å². The van der Waals surface area contributed by atoms with Gasteiger partial charge in [-0.2, -0.15) is 5.10 Å². The lowest BCUT2D eigenvalue weighted by molar-refractivity contribution is 0.251. The van der Waals surface area contributed by atoms with Crippen LogP contribution in [-0.4, -0.2) is 41.7 Å². The fourth-order valence-electron chi connectivity index (χ4n) is 5.31. The number of carbonyl (C=O) groups excluding carboxylic acids is 1. The number of anilines is 1. The third-order valence-corrected chi connectivity index (χ3v) is 8.93. The first-order valence-corrected chi connectivity index (χ1v) is 16.8. The molecule has 0 fully saturated rings. The zero-order valence-electron chi connectivity index (χ0n) is 29.3. The van der Waals surface area contributed by atoms with Gasteiger partial charge in [0.05, 0.1) is 39.3 Å². The Morgan fingerprint density at radius 3 is 2.26 bits per heavy atom. The van der Waals surface area contributed by atoms with Crippen LogP contribution in [0.1, 0.15) is 48.8 Å². The predicted octanol–water partition coefficient (Wildman–Crippen LogP) is 7.38. The van der Waals surface area contributed by atoms with Gasteiger partial charge in [0.15, 0.2) is 0 Å². The Morgan fingerprint density at radius 2 is 1.56 bits per heavy atom. The summed E-state index contributed by atoms with van der Waals surface area (Å²) in [6, 6.07) is 24.0. The van der Waals surface area contributed by atoms with Gasteiger partial charge in [-0.3, -0.25) is 10.1 Å². The van der Waals surface area contributed by atoms with Gasteiger partial charge in [-0.1, -0.05) is 51.1 Å². The highest BCUT2D eigenvalue weighted by molar-refractivity contribution is 9.10. The normalized spacial score (nSPS) is 11.2. The molecule has 0 bridgehead atoms. The maximum absolute atomic E-state index is 13.4. The largest absolute Gasteiger partial charge is 0.497 e. The summed E-state index contributed by atoms with van der Waals surface area (Å²) in [5.41, 5.74) is 4.41. The third kappa shape index (κ3) is 8.31. The van der Waals surface area contributed by atoms with Gasteiger partial charge in [0.2, 0.25) is 0 Å². The number of urea groups is 1. The Labute approximate surface area is 300 Å². The minimum absolute atomic E-state index is 0.185.